The van der Waals surface area contributed by atoms with Crippen molar-refractivity contribution in [3.63, 3.8) is 0 Å². The molecule has 0 radical (unpaired) electrons. The molecule has 0 atom stereocenters. The molecule has 0 saturated heterocycles. The van der Waals surface area contributed by atoms with Crippen molar-refractivity contribution in [2.45, 2.75) is 0 Å². The van der Waals surface area contributed by atoms with Crippen molar-refractivity contribution in [2.75, 3.05) is 12.4 Å². The third-order valence-corrected chi connectivity index (χ3v) is 3.16. The highest BCUT2D eigenvalue weighted by Crippen LogP contribution is 2.24. The molecule has 0 amide bonds. The van der Waals surface area contributed by atoms with Crippen LogP contribution in [0.2, 0.25) is 0 Å². The van der Waals surface area contributed by atoms with Gasteiger partial charge in [-0.05, 0) is 42.0 Å². The van der Waals surface area contributed by atoms with Gasteiger partial charge in [0.1, 0.15) is 17.1 Å². The second-order valence-electron chi connectivity index (χ2n) is 4.58. The normalized spacial score (nSPS) is 11.2. The number of rotatable bonds is 3. The number of fused-ring (bicyclic) bond motifs is 1. The third kappa shape index (κ3) is 2.52. The second-order valence-corrected chi connectivity index (χ2v) is 4.58. The monoisotopic (exact) mass is 265 g/mol. The Morgan fingerprint density at radius 3 is 2.55 bits per heavy atom. The Bertz CT molecular complexity index is 754. The number of hydrogen-bond donors (Lipinski definition) is 2. The second kappa shape index (κ2) is 5.13. The summed E-state index contributed by atoms with van der Waals surface area (Å²) in [7, 11) is 1.90. The van der Waals surface area contributed by atoms with Gasteiger partial charge in [-0.2, -0.15) is 0 Å². The van der Waals surface area contributed by atoms with E-state index < -0.39 is 0 Å². The highest BCUT2D eigenvalue weighted by Gasteiger charge is 2.01. The minimum Gasteiger partial charge on any atom is -0.508 e. The van der Waals surface area contributed by atoms with Gasteiger partial charge in [0.15, 0.2) is 0 Å². The van der Waals surface area contributed by atoms with Gasteiger partial charge in [0.2, 0.25) is 0 Å². The molecule has 0 aliphatic carbocycles. The third-order valence-electron chi connectivity index (χ3n) is 3.16. The average Bonchev–Trinajstić information content (AvgIpc) is 2.87. The summed E-state index contributed by atoms with van der Waals surface area (Å²) in [6, 6.07) is 15.2. The molecular formula is C17H15NO2. The Morgan fingerprint density at radius 1 is 1.00 bits per heavy atom. The molecule has 0 aliphatic heterocycles. The van der Waals surface area contributed by atoms with E-state index in [1.807, 2.05) is 55.6 Å². The molecule has 0 bridgehead atoms. The molecule has 20 heavy (non-hydrogen) atoms. The van der Waals surface area contributed by atoms with Crippen LogP contribution >= 0.6 is 0 Å². The lowest BCUT2D eigenvalue weighted by molar-refractivity contribution is 0.474. The van der Waals surface area contributed by atoms with Crippen LogP contribution in [0.5, 0.6) is 5.75 Å². The van der Waals surface area contributed by atoms with Crippen molar-refractivity contribution < 1.29 is 9.52 Å². The molecule has 2 N–H and O–H groups in total. The zero-order valence-electron chi connectivity index (χ0n) is 11.1. The highest BCUT2D eigenvalue weighted by molar-refractivity contribution is 5.82. The maximum absolute atomic E-state index is 9.41. The van der Waals surface area contributed by atoms with Crippen LogP contribution in [0.15, 0.2) is 52.9 Å². The zero-order valence-corrected chi connectivity index (χ0v) is 11.1. The van der Waals surface area contributed by atoms with Crippen LogP contribution in [-0.4, -0.2) is 12.2 Å². The zero-order chi connectivity index (χ0) is 13.9. The minimum absolute atomic E-state index is 0.213. The van der Waals surface area contributed by atoms with E-state index in [0.717, 1.165) is 22.4 Å². The van der Waals surface area contributed by atoms with Crippen LogP contribution in [-0.2, 0) is 0 Å². The molecule has 3 nitrogen and oxygen atoms in total. The Kier molecular flexibility index (Phi) is 3.17. The number of furan rings is 1. The quantitative estimate of drug-likeness (QED) is 0.740. The molecule has 1 heterocycles. The Hall–Kier alpha value is -2.68. The topological polar surface area (TPSA) is 45.4 Å². The van der Waals surface area contributed by atoms with Crippen molar-refractivity contribution in [3.05, 3.63) is 59.9 Å². The maximum Gasteiger partial charge on any atom is 0.138 e. The summed E-state index contributed by atoms with van der Waals surface area (Å²) in [6.45, 7) is 0. The summed E-state index contributed by atoms with van der Waals surface area (Å²) >= 11 is 0. The van der Waals surface area contributed by atoms with Gasteiger partial charge in [-0.25, -0.2) is 0 Å². The van der Waals surface area contributed by atoms with Gasteiger partial charge in [0.25, 0.3) is 0 Å². The summed E-state index contributed by atoms with van der Waals surface area (Å²) in [6.07, 6.45) is 3.92. The summed E-state index contributed by atoms with van der Waals surface area (Å²) in [5.74, 6) is 0.980. The van der Waals surface area contributed by atoms with Crippen LogP contribution < -0.4 is 5.32 Å². The van der Waals surface area contributed by atoms with Gasteiger partial charge in [-0.1, -0.05) is 18.2 Å². The molecule has 0 saturated carbocycles. The Morgan fingerprint density at radius 2 is 1.80 bits per heavy atom. The summed E-state index contributed by atoms with van der Waals surface area (Å²) in [5, 5.41) is 13.5. The molecule has 3 aromatic rings. The van der Waals surface area contributed by atoms with Crippen molar-refractivity contribution >= 4 is 28.8 Å². The Balaban J connectivity index is 1.85. The van der Waals surface area contributed by atoms with Gasteiger partial charge in [0, 0.05) is 24.2 Å². The first kappa shape index (κ1) is 12.4. The molecule has 3 rings (SSSR count). The molecule has 0 aliphatic rings. The molecule has 100 valence electrons. The van der Waals surface area contributed by atoms with Crippen LogP contribution in [0.25, 0.3) is 23.1 Å². The first-order chi connectivity index (χ1) is 9.74. The molecule has 1 aromatic heterocycles. The molecule has 2 aromatic carbocycles. The first-order valence-electron chi connectivity index (χ1n) is 6.43. The predicted molar refractivity (Wildman–Crippen MR) is 82.8 cm³/mol. The highest BCUT2D eigenvalue weighted by atomic mass is 16.3. The SMILES string of the molecule is CNc1ccc(/C=C/c2cc3ccc(O)cc3o2)cc1. The number of phenolic OH excluding ortho intramolecular Hbond substituents is 1. The minimum atomic E-state index is 0.213. The Labute approximate surface area is 117 Å². The lowest BCUT2D eigenvalue weighted by Gasteiger charge is -1.98. The van der Waals surface area contributed by atoms with E-state index in [2.05, 4.69) is 5.32 Å². The van der Waals surface area contributed by atoms with Gasteiger partial charge < -0.3 is 14.8 Å². The summed E-state index contributed by atoms with van der Waals surface area (Å²) in [4.78, 5) is 0. The fourth-order valence-corrected chi connectivity index (χ4v) is 2.06. The molecule has 0 spiro atoms. The average molecular weight is 265 g/mol. The largest absolute Gasteiger partial charge is 0.508 e. The van der Waals surface area contributed by atoms with Crippen LogP contribution in [0, 0.1) is 0 Å². The van der Waals surface area contributed by atoms with Crippen molar-refractivity contribution in [1.82, 2.24) is 0 Å². The van der Waals surface area contributed by atoms with Crippen molar-refractivity contribution in [1.29, 1.82) is 0 Å². The lowest BCUT2D eigenvalue weighted by atomic mass is 10.2. The van der Waals surface area contributed by atoms with Crippen molar-refractivity contribution in [2.24, 2.45) is 0 Å². The maximum atomic E-state index is 9.41. The first-order valence-corrected chi connectivity index (χ1v) is 6.43. The van der Waals surface area contributed by atoms with Crippen molar-refractivity contribution in [3.8, 4) is 5.75 Å². The summed E-state index contributed by atoms with van der Waals surface area (Å²) in [5.41, 5.74) is 2.88. The van der Waals surface area contributed by atoms with Gasteiger partial charge in [-0.3, -0.25) is 0 Å². The fraction of sp³-hybridized carbons (Fsp3) is 0.0588. The lowest BCUT2D eigenvalue weighted by Crippen LogP contribution is -1.86. The molecule has 3 heteroatoms. The fourth-order valence-electron chi connectivity index (χ4n) is 2.06. The number of nitrogens with one attached hydrogen (secondary N) is 1. The summed E-state index contributed by atoms with van der Waals surface area (Å²) < 4.78 is 5.66. The van der Waals surface area contributed by atoms with E-state index in [4.69, 9.17) is 4.42 Å². The van der Waals surface area contributed by atoms with Crippen LogP contribution in [0.4, 0.5) is 5.69 Å². The van der Waals surface area contributed by atoms with E-state index in [1.165, 1.54) is 0 Å². The number of anilines is 1. The standard InChI is InChI=1S/C17H15NO2/c1-18-14-6-2-12(3-7-14)4-9-16-10-13-5-8-15(19)11-17(13)20-16/h2-11,18-19H,1H3/b9-4+. The van der Waals surface area contributed by atoms with Gasteiger partial charge in [0.05, 0.1) is 0 Å². The molecule has 0 unspecified atom stereocenters. The van der Waals surface area contributed by atoms with E-state index in [0.29, 0.717) is 5.58 Å². The van der Waals surface area contributed by atoms with Gasteiger partial charge >= 0.3 is 0 Å². The predicted octanol–water partition coefficient (Wildman–Crippen LogP) is 4.35. The van der Waals surface area contributed by atoms with E-state index in [-0.39, 0.29) is 5.75 Å². The van der Waals surface area contributed by atoms with Crippen LogP contribution in [0.1, 0.15) is 11.3 Å². The number of benzene rings is 2. The number of hydrogen-bond acceptors (Lipinski definition) is 3. The van der Waals surface area contributed by atoms with E-state index in [1.54, 1.807) is 12.1 Å². The molecular weight excluding hydrogens is 250 g/mol. The van der Waals surface area contributed by atoms with Crippen LogP contribution in [0.3, 0.4) is 0 Å². The smallest absolute Gasteiger partial charge is 0.138 e. The number of aromatic hydroxyl groups is 1. The number of phenols is 1. The van der Waals surface area contributed by atoms with E-state index >= 15 is 0 Å². The van der Waals surface area contributed by atoms with Gasteiger partial charge in [-0.15, -0.1) is 0 Å². The molecule has 0 fully saturated rings. The van der Waals surface area contributed by atoms with E-state index in [9.17, 15) is 5.11 Å².